The molecule has 0 saturated heterocycles. The highest BCUT2D eigenvalue weighted by molar-refractivity contribution is 5.78. The van der Waals surface area contributed by atoms with Crippen molar-refractivity contribution in [2.75, 3.05) is 27.7 Å². The second-order valence-corrected chi connectivity index (χ2v) is 5.86. The Balaban J connectivity index is 0.00000400. The molecule has 0 unspecified atom stereocenters. The van der Waals surface area contributed by atoms with E-state index in [2.05, 4.69) is 0 Å². The van der Waals surface area contributed by atoms with Crippen molar-refractivity contribution >= 4 is 11.9 Å². The Bertz CT molecular complexity index is 456. The summed E-state index contributed by atoms with van der Waals surface area (Å²) in [5, 5.41) is 9.15. The van der Waals surface area contributed by atoms with Gasteiger partial charge in [0.25, 0.3) is 0 Å². The number of benzene rings is 1. The van der Waals surface area contributed by atoms with E-state index in [4.69, 9.17) is 9.84 Å². The summed E-state index contributed by atoms with van der Waals surface area (Å²) in [7, 11) is 5.68. The van der Waals surface area contributed by atoms with Crippen LogP contribution >= 0.6 is 0 Å². The van der Waals surface area contributed by atoms with Gasteiger partial charge in [0, 0.05) is 0 Å². The molecule has 21 heavy (non-hydrogen) atoms. The summed E-state index contributed by atoms with van der Waals surface area (Å²) in [5.74, 6) is -2.16. The largest absolute Gasteiger partial charge is 1.00 e. The Morgan fingerprint density at radius 3 is 2.24 bits per heavy atom. The number of nitrogens with zero attached hydrogens (tertiary/aromatic N) is 1. The number of esters is 1. The van der Waals surface area contributed by atoms with Gasteiger partial charge in [-0.15, -0.1) is 0 Å². The standard InChI is InChI=1S/C15H21NO4.ClH/c1-16(2,3)10-13(15(18)19)9-14(17)20-11-12-7-5-4-6-8-12;/h4-8,13H,9-11H2,1-3H3;1H/t13-;/m1./s1. The van der Waals surface area contributed by atoms with E-state index < -0.39 is 17.9 Å². The van der Waals surface area contributed by atoms with Gasteiger partial charge >= 0.3 is 11.9 Å². The van der Waals surface area contributed by atoms with Gasteiger partial charge in [0.15, 0.2) is 0 Å². The molecule has 0 spiro atoms. The molecule has 1 N–H and O–H groups in total. The molecule has 1 aromatic carbocycles. The van der Waals surface area contributed by atoms with Gasteiger partial charge < -0.3 is 26.7 Å². The summed E-state index contributed by atoms with van der Waals surface area (Å²) in [6, 6.07) is 9.32. The lowest BCUT2D eigenvalue weighted by Crippen LogP contribution is -3.00. The number of carboxylic acids is 1. The van der Waals surface area contributed by atoms with Gasteiger partial charge in [-0.05, 0) is 5.56 Å². The Kier molecular flexibility index (Phi) is 7.99. The number of hydrogen-bond acceptors (Lipinski definition) is 3. The lowest BCUT2D eigenvalue weighted by Gasteiger charge is -2.26. The molecule has 1 atom stereocenters. The highest BCUT2D eigenvalue weighted by Crippen LogP contribution is 2.11. The summed E-state index contributed by atoms with van der Waals surface area (Å²) < 4.78 is 5.60. The molecule has 0 radical (unpaired) electrons. The maximum atomic E-state index is 11.7. The maximum absolute atomic E-state index is 11.7. The number of ether oxygens (including phenoxy) is 1. The van der Waals surface area contributed by atoms with E-state index in [1.807, 2.05) is 51.5 Å². The first-order valence-electron chi connectivity index (χ1n) is 6.51. The molecule has 0 saturated carbocycles. The van der Waals surface area contributed by atoms with Crippen molar-refractivity contribution in [3.05, 3.63) is 35.9 Å². The minimum atomic E-state index is -0.963. The summed E-state index contributed by atoms with van der Waals surface area (Å²) in [6.45, 7) is 0.562. The van der Waals surface area contributed by atoms with Crippen LogP contribution in [0.2, 0.25) is 0 Å². The molecule has 5 nitrogen and oxygen atoms in total. The van der Waals surface area contributed by atoms with Crippen LogP contribution in [-0.2, 0) is 20.9 Å². The average Bonchev–Trinajstić information content (AvgIpc) is 2.35. The Morgan fingerprint density at radius 1 is 1.19 bits per heavy atom. The van der Waals surface area contributed by atoms with Crippen molar-refractivity contribution in [3.8, 4) is 0 Å². The van der Waals surface area contributed by atoms with E-state index >= 15 is 0 Å². The molecular weight excluding hydrogens is 294 g/mol. The van der Waals surface area contributed by atoms with E-state index in [0.717, 1.165) is 5.56 Å². The highest BCUT2D eigenvalue weighted by atomic mass is 35.5. The summed E-state index contributed by atoms with van der Waals surface area (Å²) in [6.07, 6.45) is -0.0995. The van der Waals surface area contributed by atoms with Crippen molar-refractivity contribution in [2.45, 2.75) is 13.0 Å². The van der Waals surface area contributed by atoms with Crippen molar-refractivity contribution in [2.24, 2.45) is 5.92 Å². The Hall–Kier alpha value is -1.59. The predicted molar refractivity (Wildman–Crippen MR) is 74.9 cm³/mol. The number of quaternary nitrogens is 1. The van der Waals surface area contributed by atoms with E-state index in [-0.39, 0.29) is 25.4 Å². The minimum absolute atomic E-state index is 0. The molecule has 1 aromatic rings. The van der Waals surface area contributed by atoms with E-state index in [1.54, 1.807) is 0 Å². The molecule has 0 aliphatic heterocycles. The Labute approximate surface area is 131 Å². The molecule has 0 aliphatic carbocycles. The monoisotopic (exact) mass is 315 g/mol. The molecule has 0 aliphatic rings. The minimum Gasteiger partial charge on any atom is -1.00 e. The zero-order valence-electron chi connectivity index (χ0n) is 12.6. The van der Waals surface area contributed by atoms with Crippen molar-refractivity contribution < 1.29 is 36.3 Å². The van der Waals surface area contributed by atoms with Crippen molar-refractivity contribution in [1.29, 1.82) is 0 Å². The first-order chi connectivity index (χ1) is 9.28. The number of halogens is 1. The van der Waals surface area contributed by atoms with E-state index in [9.17, 15) is 9.59 Å². The van der Waals surface area contributed by atoms with Gasteiger partial charge in [-0.3, -0.25) is 9.59 Å². The number of carboxylic acid groups (broad SMARTS) is 1. The number of carbonyl (C=O) groups is 2. The van der Waals surface area contributed by atoms with Crippen LogP contribution in [-0.4, -0.2) is 49.2 Å². The number of rotatable bonds is 7. The van der Waals surface area contributed by atoms with Crippen LogP contribution < -0.4 is 12.4 Å². The summed E-state index contributed by atoms with van der Waals surface area (Å²) in [5.41, 5.74) is 0.888. The predicted octanol–water partition coefficient (Wildman–Crippen LogP) is -1.47. The van der Waals surface area contributed by atoms with Gasteiger partial charge in [-0.2, -0.15) is 0 Å². The average molecular weight is 316 g/mol. The third-order valence-electron chi connectivity index (χ3n) is 2.77. The van der Waals surface area contributed by atoms with Crippen LogP contribution in [0.15, 0.2) is 30.3 Å². The van der Waals surface area contributed by atoms with Crippen molar-refractivity contribution in [3.63, 3.8) is 0 Å². The molecule has 0 aromatic heterocycles. The van der Waals surface area contributed by atoms with Crippen LogP contribution in [0.4, 0.5) is 0 Å². The highest BCUT2D eigenvalue weighted by Gasteiger charge is 2.28. The fraction of sp³-hybridized carbons (Fsp3) is 0.467. The number of aliphatic carboxylic acids is 1. The Morgan fingerprint density at radius 2 is 1.76 bits per heavy atom. The molecule has 0 bridgehead atoms. The second-order valence-electron chi connectivity index (χ2n) is 5.86. The normalized spacial score (nSPS) is 12.1. The number of hydrogen-bond donors (Lipinski definition) is 1. The van der Waals surface area contributed by atoms with Gasteiger partial charge in [-0.25, -0.2) is 0 Å². The zero-order chi connectivity index (χ0) is 15.2. The van der Waals surface area contributed by atoms with Gasteiger partial charge in [-0.1, -0.05) is 30.3 Å². The van der Waals surface area contributed by atoms with Crippen LogP contribution in [0.3, 0.4) is 0 Å². The maximum Gasteiger partial charge on any atom is 0.312 e. The third kappa shape index (κ3) is 8.32. The zero-order valence-corrected chi connectivity index (χ0v) is 13.3. The molecular formula is C15H22ClNO4. The first-order valence-corrected chi connectivity index (χ1v) is 6.51. The SMILES string of the molecule is C[N+](C)(C)C[C@@H](CC(=O)OCc1ccccc1)C(=O)O.[Cl-]. The third-order valence-corrected chi connectivity index (χ3v) is 2.77. The van der Waals surface area contributed by atoms with Gasteiger partial charge in [0.1, 0.15) is 12.5 Å². The van der Waals surface area contributed by atoms with Crippen LogP contribution in [0, 0.1) is 5.92 Å². The second kappa shape index (κ2) is 8.64. The quantitative estimate of drug-likeness (QED) is 0.493. The van der Waals surface area contributed by atoms with Crippen molar-refractivity contribution in [1.82, 2.24) is 0 Å². The van der Waals surface area contributed by atoms with Crippen LogP contribution in [0.25, 0.3) is 0 Å². The molecule has 118 valence electrons. The topological polar surface area (TPSA) is 63.6 Å². The van der Waals surface area contributed by atoms with Gasteiger partial charge in [0.2, 0.25) is 0 Å². The molecule has 1 rings (SSSR count). The van der Waals surface area contributed by atoms with E-state index in [1.165, 1.54) is 0 Å². The lowest BCUT2D eigenvalue weighted by molar-refractivity contribution is -0.872. The van der Waals surface area contributed by atoms with E-state index in [0.29, 0.717) is 11.0 Å². The fourth-order valence-electron chi connectivity index (χ4n) is 1.89. The smallest absolute Gasteiger partial charge is 0.312 e. The molecule has 0 amide bonds. The summed E-state index contributed by atoms with van der Waals surface area (Å²) >= 11 is 0. The molecule has 6 heteroatoms. The summed E-state index contributed by atoms with van der Waals surface area (Å²) in [4.78, 5) is 22.9. The number of carbonyl (C=O) groups excluding carboxylic acids is 1. The fourth-order valence-corrected chi connectivity index (χ4v) is 1.89. The molecule has 0 heterocycles. The van der Waals surface area contributed by atoms with Crippen LogP contribution in [0.1, 0.15) is 12.0 Å². The lowest BCUT2D eigenvalue weighted by atomic mass is 10.1. The first kappa shape index (κ1) is 19.4. The van der Waals surface area contributed by atoms with Gasteiger partial charge in [0.05, 0.1) is 34.1 Å². The van der Waals surface area contributed by atoms with Crippen LogP contribution in [0.5, 0.6) is 0 Å². The molecule has 0 fully saturated rings.